The molecule has 2 rings (SSSR count). The SMILES string of the molecule is COC1CCC(NCCN2CCN(C)CC2)CC1. The third-order valence-corrected chi connectivity index (χ3v) is 4.46. The topological polar surface area (TPSA) is 27.7 Å². The quantitative estimate of drug-likeness (QED) is 0.786. The van der Waals surface area contributed by atoms with E-state index in [9.17, 15) is 0 Å². The zero-order chi connectivity index (χ0) is 12.8. The van der Waals surface area contributed by atoms with Crippen molar-refractivity contribution in [3.05, 3.63) is 0 Å². The van der Waals surface area contributed by atoms with E-state index in [0.717, 1.165) is 12.6 Å². The Labute approximate surface area is 112 Å². The molecule has 1 N–H and O–H groups in total. The molecule has 2 fully saturated rings. The van der Waals surface area contributed by atoms with E-state index in [0.29, 0.717) is 6.10 Å². The lowest BCUT2D eigenvalue weighted by atomic mass is 9.93. The monoisotopic (exact) mass is 255 g/mol. The molecule has 1 heterocycles. The maximum Gasteiger partial charge on any atom is 0.0572 e. The van der Waals surface area contributed by atoms with Gasteiger partial charge in [0.15, 0.2) is 0 Å². The van der Waals surface area contributed by atoms with Gasteiger partial charge in [-0.25, -0.2) is 0 Å². The minimum Gasteiger partial charge on any atom is -0.381 e. The minimum atomic E-state index is 0.515. The third-order valence-electron chi connectivity index (χ3n) is 4.46. The molecule has 106 valence electrons. The van der Waals surface area contributed by atoms with Gasteiger partial charge in [-0.15, -0.1) is 0 Å². The number of likely N-dealkylation sites (N-methyl/N-ethyl adjacent to an activating group) is 1. The zero-order valence-electron chi connectivity index (χ0n) is 12.0. The van der Waals surface area contributed by atoms with E-state index in [1.165, 1.54) is 58.4 Å². The van der Waals surface area contributed by atoms with Gasteiger partial charge in [-0.1, -0.05) is 0 Å². The van der Waals surface area contributed by atoms with Crippen LogP contribution < -0.4 is 5.32 Å². The first kappa shape index (κ1) is 14.3. The number of hydrogen-bond acceptors (Lipinski definition) is 4. The highest BCUT2D eigenvalue weighted by atomic mass is 16.5. The van der Waals surface area contributed by atoms with Gasteiger partial charge in [-0.3, -0.25) is 4.90 Å². The Morgan fingerprint density at radius 3 is 2.33 bits per heavy atom. The van der Waals surface area contributed by atoms with Crippen LogP contribution in [0, 0.1) is 0 Å². The Hall–Kier alpha value is -0.160. The summed E-state index contributed by atoms with van der Waals surface area (Å²) in [6.07, 6.45) is 5.52. The molecule has 1 saturated heterocycles. The second-order valence-corrected chi connectivity index (χ2v) is 5.81. The molecule has 0 radical (unpaired) electrons. The number of methoxy groups -OCH3 is 1. The van der Waals surface area contributed by atoms with E-state index >= 15 is 0 Å². The van der Waals surface area contributed by atoms with Gasteiger partial charge in [0.1, 0.15) is 0 Å². The number of piperazine rings is 1. The minimum absolute atomic E-state index is 0.515. The fourth-order valence-corrected chi connectivity index (χ4v) is 3.00. The fourth-order valence-electron chi connectivity index (χ4n) is 3.00. The lowest BCUT2D eigenvalue weighted by molar-refractivity contribution is 0.0619. The molecular weight excluding hydrogens is 226 g/mol. The molecule has 0 atom stereocenters. The summed E-state index contributed by atoms with van der Waals surface area (Å²) in [5, 5.41) is 3.71. The van der Waals surface area contributed by atoms with Gasteiger partial charge in [0.05, 0.1) is 6.10 Å². The standard InChI is InChI=1S/C14H29N3O/c1-16-9-11-17(12-10-16)8-7-15-13-3-5-14(18-2)6-4-13/h13-15H,3-12H2,1-2H3. The van der Waals surface area contributed by atoms with Crippen molar-refractivity contribution in [2.45, 2.75) is 37.8 Å². The first-order chi connectivity index (χ1) is 8.78. The Kier molecular flexibility index (Phi) is 5.89. The van der Waals surface area contributed by atoms with Crippen molar-refractivity contribution in [2.24, 2.45) is 0 Å². The van der Waals surface area contributed by atoms with Crippen LogP contribution in [0.4, 0.5) is 0 Å². The largest absolute Gasteiger partial charge is 0.381 e. The molecule has 0 aromatic heterocycles. The summed E-state index contributed by atoms with van der Waals surface area (Å²) < 4.78 is 5.41. The average Bonchev–Trinajstić information content (AvgIpc) is 2.42. The molecule has 4 nitrogen and oxygen atoms in total. The molecule has 0 unspecified atom stereocenters. The second kappa shape index (κ2) is 7.43. The van der Waals surface area contributed by atoms with Crippen LogP contribution >= 0.6 is 0 Å². The molecule has 2 aliphatic rings. The highest BCUT2D eigenvalue weighted by molar-refractivity contribution is 4.78. The highest BCUT2D eigenvalue weighted by Crippen LogP contribution is 2.20. The van der Waals surface area contributed by atoms with E-state index < -0.39 is 0 Å². The molecule has 0 spiro atoms. The normalized spacial score (nSPS) is 31.7. The van der Waals surface area contributed by atoms with Crippen LogP contribution in [-0.4, -0.2) is 75.4 Å². The number of hydrogen-bond donors (Lipinski definition) is 1. The van der Waals surface area contributed by atoms with Crippen LogP contribution in [0.5, 0.6) is 0 Å². The Morgan fingerprint density at radius 1 is 1.06 bits per heavy atom. The van der Waals surface area contributed by atoms with Gasteiger partial charge < -0.3 is 15.0 Å². The highest BCUT2D eigenvalue weighted by Gasteiger charge is 2.20. The van der Waals surface area contributed by atoms with Crippen LogP contribution in [-0.2, 0) is 4.74 Å². The van der Waals surface area contributed by atoms with Crippen molar-refractivity contribution in [3.63, 3.8) is 0 Å². The number of nitrogens with zero attached hydrogens (tertiary/aromatic N) is 2. The van der Waals surface area contributed by atoms with Gasteiger partial charge >= 0.3 is 0 Å². The van der Waals surface area contributed by atoms with E-state index in [4.69, 9.17) is 4.74 Å². The van der Waals surface area contributed by atoms with Gasteiger partial charge in [0.2, 0.25) is 0 Å². The van der Waals surface area contributed by atoms with Crippen molar-refractivity contribution in [1.29, 1.82) is 0 Å². The summed E-state index contributed by atoms with van der Waals surface area (Å²) in [5.74, 6) is 0. The van der Waals surface area contributed by atoms with E-state index in [-0.39, 0.29) is 0 Å². The maximum absolute atomic E-state index is 5.41. The zero-order valence-corrected chi connectivity index (χ0v) is 12.0. The summed E-state index contributed by atoms with van der Waals surface area (Å²) in [5.41, 5.74) is 0. The van der Waals surface area contributed by atoms with Crippen molar-refractivity contribution >= 4 is 0 Å². The summed E-state index contributed by atoms with van der Waals surface area (Å²) in [6, 6.07) is 0.726. The second-order valence-electron chi connectivity index (χ2n) is 5.81. The van der Waals surface area contributed by atoms with Crippen LogP contribution in [0.2, 0.25) is 0 Å². The van der Waals surface area contributed by atoms with Crippen molar-refractivity contribution in [3.8, 4) is 0 Å². The van der Waals surface area contributed by atoms with Gasteiger partial charge in [-0.05, 0) is 32.7 Å². The van der Waals surface area contributed by atoms with E-state index in [2.05, 4.69) is 22.2 Å². The molecule has 0 aromatic carbocycles. The number of nitrogens with one attached hydrogen (secondary N) is 1. The lowest BCUT2D eigenvalue weighted by Gasteiger charge is -2.33. The summed E-state index contributed by atoms with van der Waals surface area (Å²) in [4.78, 5) is 4.99. The fraction of sp³-hybridized carbons (Fsp3) is 1.00. The molecule has 0 bridgehead atoms. The Bertz CT molecular complexity index is 221. The van der Waals surface area contributed by atoms with Gasteiger partial charge in [0.25, 0.3) is 0 Å². The lowest BCUT2D eigenvalue weighted by Crippen LogP contribution is -2.47. The van der Waals surface area contributed by atoms with Gasteiger partial charge in [-0.2, -0.15) is 0 Å². The summed E-state index contributed by atoms with van der Waals surface area (Å²) >= 11 is 0. The third kappa shape index (κ3) is 4.50. The molecular formula is C14H29N3O. The summed E-state index contributed by atoms with van der Waals surface area (Å²) in [6.45, 7) is 7.26. The van der Waals surface area contributed by atoms with E-state index in [1.54, 1.807) is 0 Å². The summed E-state index contributed by atoms with van der Waals surface area (Å²) in [7, 11) is 4.05. The van der Waals surface area contributed by atoms with Crippen LogP contribution in [0.25, 0.3) is 0 Å². The van der Waals surface area contributed by atoms with Crippen molar-refractivity contribution in [1.82, 2.24) is 15.1 Å². The molecule has 4 heteroatoms. The molecule has 0 amide bonds. The Morgan fingerprint density at radius 2 is 1.72 bits per heavy atom. The smallest absolute Gasteiger partial charge is 0.0572 e. The molecule has 18 heavy (non-hydrogen) atoms. The average molecular weight is 255 g/mol. The first-order valence-electron chi connectivity index (χ1n) is 7.45. The number of rotatable bonds is 5. The predicted molar refractivity (Wildman–Crippen MR) is 75.0 cm³/mol. The Balaban J connectivity index is 1.53. The molecule has 1 aliphatic heterocycles. The van der Waals surface area contributed by atoms with Crippen LogP contribution in [0.15, 0.2) is 0 Å². The van der Waals surface area contributed by atoms with Crippen molar-refractivity contribution < 1.29 is 4.74 Å². The van der Waals surface area contributed by atoms with Crippen LogP contribution in [0.1, 0.15) is 25.7 Å². The van der Waals surface area contributed by atoms with E-state index in [1.807, 2.05) is 7.11 Å². The maximum atomic E-state index is 5.41. The molecule has 1 aliphatic carbocycles. The van der Waals surface area contributed by atoms with Gasteiger partial charge in [0, 0.05) is 52.4 Å². The molecule has 1 saturated carbocycles. The first-order valence-corrected chi connectivity index (χ1v) is 7.45. The number of ether oxygens (including phenoxy) is 1. The van der Waals surface area contributed by atoms with Crippen LogP contribution in [0.3, 0.4) is 0 Å². The molecule has 0 aromatic rings. The predicted octanol–water partition coefficient (Wildman–Crippen LogP) is 0.781. The van der Waals surface area contributed by atoms with Crippen molar-refractivity contribution in [2.75, 3.05) is 53.4 Å².